The monoisotopic (exact) mass is 258 g/mol. The second kappa shape index (κ2) is 5.45. The van der Waals surface area contributed by atoms with Crippen LogP contribution in [0.1, 0.15) is 25.0 Å². The van der Waals surface area contributed by atoms with Crippen LogP contribution in [0.4, 0.5) is 0 Å². The summed E-state index contributed by atoms with van der Waals surface area (Å²) in [5, 5.41) is 7.31. The number of fused-ring (bicyclic) bond motifs is 1. The van der Waals surface area contributed by atoms with Crippen LogP contribution < -0.4 is 10.6 Å². The Bertz CT molecular complexity index is 543. The van der Waals surface area contributed by atoms with Crippen LogP contribution in [0.5, 0.6) is 0 Å². The van der Waals surface area contributed by atoms with Crippen molar-refractivity contribution in [3.05, 3.63) is 36.1 Å². The number of carbonyl (C=O) groups is 1. The summed E-state index contributed by atoms with van der Waals surface area (Å²) in [5.74, 6) is 0.979. The largest absolute Gasteiger partial charge is 0.460 e. The minimum Gasteiger partial charge on any atom is -0.460 e. The maximum absolute atomic E-state index is 11.8. The van der Waals surface area contributed by atoms with Gasteiger partial charge in [-0.3, -0.25) is 10.1 Å². The molecule has 1 amide bonds. The molecule has 1 unspecified atom stereocenters. The molecule has 2 N–H and O–H groups in total. The van der Waals surface area contributed by atoms with Crippen molar-refractivity contribution >= 4 is 16.9 Å². The van der Waals surface area contributed by atoms with E-state index in [1.54, 1.807) is 0 Å². The number of nitrogens with one attached hydrogen (secondary N) is 2. The topological polar surface area (TPSA) is 54.3 Å². The van der Waals surface area contributed by atoms with Gasteiger partial charge in [0.25, 0.3) is 0 Å². The zero-order chi connectivity index (χ0) is 13.1. The Hall–Kier alpha value is -1.81. The van der Waals surface area contributed by atoms with E-state index in [1.165, 1.54) is 0 Å². The zero-order valence-corrected chi connectivity index (χ0v) is 10.8. The SMILES string of the molecule is O=C1NCCCCC1NCc1cc2ccccc2o1. The molecule has 0 radical (unpaired) electrons. The normalized spacial score (nSPS) is 20.2. The van der Waals surface area contributed by atoms with E-state index in [9.17, 15) is 4.79 Å². The molecule has 2 heterocycles. The van der Waals surface area contributed by atoms with Gasteiger partial charge < -0.3 is 9.73 Å². The predicted octanol–water partition coefficient (Wildman–Crippen LogP) is 2.19. The second-order valence-corrected chi connectivity index (χ2v) is 4.97. The minimum atomic E-state index is -0.101. The number of rotatable bonds is 3. The standard InChI is InChI=1S/C15H18N2O2/c18-15-13(6-3-4-8-16-15)17-10-12-9-11-5-1-2-7-14(11)19-12/h1-2,5,7,9,13,17H,3-4,6,8,10H2,(H,16,18). The van der Waals surface area contributed by atoms with Crippen molar-refractivity contribution in [3.8, 4) is 0 Å². The summed E-state index contributed by atoms with van der Waals surface area (Å²) in [4.78, 5) is 11.8. The number of hydrogen-bond donors (Lipinski definition) is 2. The van der Waals surface area contributed by atoms with Crippen LogP contribution in [-0.2, 0) is 11.3 Å². The van der Waals surface area contributed by atoms with E-state index in [2.05, 4.69) is 10.6 Å². The van der Waals surface area contributed by atoms with Crippen LogP contribution in [0.25, 0.3) is 11.0 Å². The molecule has 1 aromatic carbocycles. The Morgan fingerprint density at radius 2 is 2.21 bits per heavy atom. The highest BCUT2D eigenvalue weighted by Gasteiger charge is 2.20. The fourth-order valence-corrected chi connectivity index (χ4v) is 2.48. The van der Waals surface area contributed by atoms with E-state index < -0.39 is 0 Å². The van der Waals surface area contributed by atoms with E-state index >= 15 is 0 Å². The Morgan fingerprint density at radius 1 is 1.32 bits per heavy atom. The molecule has 1 aliphatic rings. The highest BCUT2D eigenvalue weighted by atomic mass is 16.3. The molecule has 0 aliphatic carbocycles. The van der Waals surface area contributed by atoms with Gasteiger partial charge >= 0.3 is 0 Å². The highest BCUT2D eigenvalue weighted by molar-refractivity contribution is 5.82. The molecule has 19 heavy (non-hydrogen) atoms. The third kappa shape index (κ3) is 2.79. The minimum absolute atomic E-state index is 0.101. The lowest BCUT2D eigenvalue weighted by Crippen LogP contribution is -2.42. The lowest BCUT2D eigenvalue weighted by Gasteiger charge is -2.13. The second-order valence-electron chi connectivity index (χ2n) is 4.97. The first-order valence-corrected chi connectivity index (χ1v) is 6.81. The van der Waals surface area contributed by atoms with Crippen molar-refractivity contribution < 1.29 is 9.21 Å². The summed E-state index contributed by atoms with van der Waals surface area (Å²) in [6.07, 6.45) is 3.04. The molecule has 100 valence electrons. The lowest BCUT2D eigenvalue weighted by molar-refractivity contribution is -0.122. The van der Waals surface area contributed by atoms with E-state index in [0.717, 1.165) is 42.5 Å². The first-order chi connectivity index (χ1) is 9.33. The molecule has 1 atom stereocenters. The summed E-state index contributed by atoms with van der Waals surface area (Å²) in [5.41, 5.74) is 0.893. The molecule has 4 heteroatoms. The quantitative estimate of drug-likeness (QED) is 0.887. The van der Waals surface area contributed by atoms with Crippen molar-refractivity contribution in [3.63, 3.8) is 0 Å². The molecule has 1 saturated heterocycles. The van der Waals surface area contributed by atoms with Gasteiger partial charge in [0.05, 0.1) is 12.6 Å². The fourth-order valence-electron chi connectivity index (χ4n) is 2.48. The third-order valence-electron chi connectivity index (χ3n) is 3.53. The zero-order valence-electron chi connectivity index (χ0n) is 10.8. The van der Waals surface area contributed by atoms with Crippen molar-refractivity contribution in [2.45, 2.75) is 31.8 Å². The predicted molar refractivity (Wildman–Crippen MR) is 73.7 cm³/mol. The Labute approximate surface area is 112 Å². The number of para-hydroxylation sites is 1. The highest BCUT2D eigenvalue weighted by Crippen LogP contribution is 2.18. The summed E-state index contributed by atoms with van der Waals surface area (Å²) in [7, 11) is 0. The van der Waals surface area contributed by atoms with Crippen LogP contribution in [0, 0.1) is 0 Å². The van der Waals surface area contributed by atoms with Crippen LogP contribution in [0.15, 0.2) is 34.7 Å². The van der Waals surface area contributed by atoms with Gasteiger partial charge in [-0.25, -0.2) is 0 Å². The third-order valence-corrected chi connectivity index (χ3v) is 3.53. The van der Waals surface area contributed by atoms with Crippen molar-refractivity contribution in [1.82, 2.24) is 10.6 Å². The van der Waals surface area contributed by atoms with E-state index in [1.807, 2.05) is 30.3 Å². The number of amides is 1. The van der Waals surface area contributed by atoms with Gasteiger partial charge in [0.2, 0.25) is 5.91 Å². The molecule has 1 aromatic heterocycles. The van der Waals surface area contributed by atoms with Gasteiger partial charge in [-0.15, -0.1) is 0 Å². The Kier molecular flexibility index (Phi) is 3.51. The molecule has 3 rings (SSSR count). The Balaban J connectivity index is 1.66. The first-order valence-electron chi connectivity index (χ1n) is 6.81. The van der Waals surface area contributed by atoms with Gasteiger partial charge in [-0.05, 0) is 31.4 Å². The van der Waals surface area contributed by atoms with Crippen LogP contribution in [-0.4, -0.2) is 18.5 Å². The number of carbonyl (C=O) groups excluding carboxylic acids is 1. The summed E-state index contributed by atoms with van der Waals surface area (Å²) in [6, 6.07) is 9.86. The van der Waals surface area contributed by atoms with Crippen LogP contribution in [0.3, 0.4) is 0 Å². The van der Waals surface area contributed by atoms with Crippen molar-refractivity contribution in [2.75, 3.05) is 6.54 Å². The maximum Gasteiger partial charge on any atom is 0.237 e. The number of hydrogen-bond acceptors (Lipinski definition) is 3. The van der Waals surface area contributed by atoms with Crippen LogP contribution >= 0.6 is 0 Å². The van der Waals surface area contributed by atoms with Crippen molar-refractivity contribution in [1.29, 1.82) is 0 Å². The summed E-state index contributed by atoms with van der Waals surface area (Å²) < 4.78 is 5.73. The van der Waals surface area contributed by atoms with Crippen LogP contribution in [0.2, 0.25) is 0 Å². The molecule has 2 aromatic rings. The summed E-state index contributed by atoms with van der Waals surface area (Å²) >= 11 is 0. The van der Waals surface area contributed by atoms with Gasteiger partial charge in [0.15, 0.2) is 0 Å². The lowest BCUT2D eigenvalue weighted by atomic mass is 10.1. The van der Waals surface area contributed by atoms with E-state index in [4.69, 9.17) is 4.42 Å². The number of benzene rings is 1. The summed E-state index contributed by atoms with van der Waals surface area (Å²) in [6.45, 7) is 1.38. The molecule has 4 nitrogen and oxygen atoms in total. The molecule has 1 aliphatic heterocycles. The van der Waals surface area contributed by atoms with Gasteiger partial charge in [0.1, 0.15) is 11.3 Å². The molecule has 0 saturated carbocycles. The fraction of sp³-hybridized carbons (Fsp3) is 0.400. The average molecular weight is 258 g/mol. The first kappa shape index (κ1) is 12.2. The van der Waals surface area contributed by atoms with Crippen molar-refractivity contribution in [2.24, 2.45) is 0 Å². The molecule has 1 fully saturated rings. The molecular weight excluding hydrogens is 240 g/mol. The smallest absolute Gasteiger partial charge is 0.237 e. The van der Waals surface area contributed by atoms with Gasteiger partial charge in [0, 0.05) is 11.9 Å². The van der Waals surface area contributed by atoms with Gasteiger partial charge in [-0.2, -0.15) is 0 Å². The maximum atomic E-state index is 11.8. The number of furan rings is 1. The van der Waals surface area contributed by atoms with Gasteiger partial charge in [-0.1, -0.05) is 18.2 Å². The molecular formula is C15H18N2O2. The molecule has 0 spiro atoms. The Morgan fingerprint density at radius 3 is 3.11 bits per heavy atom. The molecule has 0 bridgehead atoms. The van der Waals surface area contributed by atoms with E-state index in [-0.39, 0.29) is 11.9 Å². The van der Waals surface area contributed by atoms with E-state index in [0.29, 0.717) is 6.54 Å². The average Bonchev–Trinajstić information content (AvgIpc) is 2.73.